The highest BCUT2D eigenvalue weighted by Crippen LogP contribution is 2.41. The second kappa shape index (κ2) is 8.16. The van der Waals surface area contributed by atoms with Gasteiger partial charge >= 0.3 is 0 Å². The number of ether oxygens (including phenoxy) is 1. The van der Waals surface area contributed by atoms with Crippen molar-refractivity contribution < 1.29 is 14.3 Å². The zero-order chi connectivity index (χ0) is 21.3. The molecule has 0 spiro atoms. The van der Waals surface area contributed by atoms with Crippen LogP contribution in [-0.2, 0) is 9.59 Å². The first-order valence-corrected chi connectivity index (χ1v) is 10.6. The zero-order valence-corrected chi connectivity index (χ0v) is 17.9. The van der Waals surface area contributed by atoms with Gasteiger partial charge in [-0.2, -0.15) is 0 Å². The second-order valence-electron chi connectivity index (χ2n) is 6.90. The largest absolute Gasteiger partial charge is 0.495 e. The topological polar surface area (TPSA) is 49.9 Å². The number of carbonyl (C=O) groups excluding carboxylic acids is 2. The first kappa shape index (κ1) is 19.9. The van der Waals surface area contributed by atoms with Crippen LogP contribution in [0.1, 0.15) is 17.4 Å². The molecule has 2 heterocycles. The van der Waals surface area contributed by atoms with Crippen LogP contribution in [0, 0.1) is 6.92 Å². The van der Waals surface area contributed by atoms with Crippen molar-refractivity contribution in [2.24, 2.45) is 0 Å². The Morgan fingerprint density at radius 2 is 1.77 bits per heavy atom. The van der Waals surface area contributed by atoms with E-state index in [9.17, 15) is 9.59 Å². The molecule has 6 heteroatoms. The van der Waals surface area contributed by atoms with Gasteiger partial charge in [0.25, 0.3) is 11.8 Å². The fraction of sp³-hybridized carbons (Fsp3) is 0.167. The molecule has 0 unspecified atom stereocenters. The number of anilines is 2. The maximum Gasteiger partial charge on any atom is 0.282 e. The lowest BCUT2D eigenvalue weighted by atomic mass is 10.1. The molecule has 2 amide bonds. The maximum absolute atomic E-state index is 13.7. The average Bonchev–Trinajstić information content (AvgIpc) is 3.36. The summed E-state index contributed by atoms with van der Waals surface area (Å²) in [5, 5.41) is 1.91. The second-order valence-corrected chi connectivity index (χ2v) is 7.85. The van der Waals surface area contributed by atoms with Gasteiger partial charge in [-0.05, 0) is 55.1 Å². The molecule has 1 aliphatic rings. The van der Waals surface area contributed by atoms with E-state index >= 15 is 0 Å². The molecule has 0 radical (unpaired) electrons. The molecule has 0 fully saturated rings. The van der Waals surface area contributed by atoms with E-state index in [0.29, 0.717) is 29.3 Å². The monoisotopic (exact) mass is 418 g/mol. The molecule has 2 aromatic carbocycles. The summed E-state index contributed by atoms with van der Waals surface area (Å²) in [7, 11) is 1.54. The third-order valence-corrected chi connectivity index (χ3v) is 5.94. The maximum atomic E-state index is 13.7. The Labute approximate surface area is 179 Å². The van der Waals surface area contributed by atoms with Crippen LogP contribution in [0.25, 0.3) is 5.57 Å². The van der Waals surface area contributed by atoms with Gasteiger partial charge in [0.2, 0.25) is 0 Å². The standard InChI is InChI=1S/C24H22N2O3S/c1-4-25(17-9-6-5-7-10-17)22-21(20-11-8-14-30-20)23(27)26(24(22)28)18-15-16(2)12-13-19(18)29-3/h5-15H,4H2,1-3H3. The summed E-state index contributed by atoms with van der Waals surface area (Å²) in [5.74, 6) is -0.203. The van der Waals surface area contributed by atoms with Crippen molar-refractivity contribution in [3.05, 3.63) is 82.2 Å². The van der Waals surface area contributed by atoms with Gasteiger partial charge < -0.3 is 9.64 Å². The number of methoxy groups -OCH3 is 1. The Bertz CT molecular complexity index is 1120. The summed E-state index contributed by atoms with van der Waals surface area (Å²) in [6.07, 6.45) is 0. The van der Waals surface area contributed by atoms with Crippen molar-refractivity contribution >= 4 is 40.1 Å². The van der Waals surface area contributed by atoms with E-state index < -0.39 is 0 Å². The number of imide groups is 1. The lowest BCUT2D eigenvalue weighted by Gasteiger charge is -2.25. The van der Waals surface area contributed by atoms with Crippen LogP contribution in [0.4, 0.5) is 11.4 Å². The number of amides is 2. The third kappa shape index (κ3) is 3.29. The van der Waals surface area contributed by atoms with E-state index in [0.717, 1.165) is 16.1 Å². The van der Waals surface area contributed by atoms with Crippen molar-refractivity contribution in [3.8, 4) is 5.75 Å². The number of para-hydroxylation sites is 1. The molecule has 30 heavy (non-hydrogen) atoms. The number of carbonyl (C=O) groups is 2. The minimum absolute atomic E-state index is 0.337. The van der Waals surface area contributed by atoms with Crippen molar-refractivity contribution in [2.75, 3.05) is 23.5 Å². The fourth-order valence-electron chi connectivity index (χ4n) is 3.68. The highest BCUT2D eigenvalue weighted by Gasteiger charge is 2.44. The van der Waals surface area contributed by atoms with Crippen molar-refractivity contribution in [1.29, 1.82) is 0 Å². The number of nitrogens with zero attached hydrogens (tertiary/aromatic N) is 2. The number of hydrogen-bond donors (Lipinski definition) is 0. The smallest absolute Gasteiger partial charge is 0.282 e. The molecule has 5 nitrogen and oxygen atoms in total. The highest BCUT2D eigenvalue weighted by molar-refractivity contribution is 7.11. The minimum Gasteiger partial charge on any atom is -0.495 e. The number of thiophene rings is 1. The molecule has 0 aliphatic carbocycles. The van der Waals surface area contributed by atoms with Crippen LogP contribution >= 0.6 is 11.3 Å². The molecule has 0 saturated carbocycles. The minimum atomic E-state index is -0.349. The van der Waals surface area contributed by atoms with E-state index in [-0.39, 0.29) is 11.8 Å². The lowest BCUT2D eigenvalue weighted by Crippen LogP contribution is -2.35. The van der Waals surface area contributed by atoms with Gasteiger partial charge in [0.05, 0.1) is 18.4 Å². The first-order valence-electron chi connectivity index (χ1n) is 9.71. The van der Waals surface area contributed by atoms with E-state index in [2.05, 4.69) is 0 Å². The Morgan fingerprint density at radius 1 is 1.00 bits per heavy atom. The van der Waals surface area contributed by atoms with E-state index in [1.165, 1.54) is 23.3 Å². The number of likely N-dealkylation sites (N-methyl/N-ethyl adjacent to an activating group) is 1. The molecular weight excluding hydrogens is 396 g/mol. The lowest BCUT2D eigenvalue weighted by molar-refractivity contribution is -0.120. The van der Waals surface area contributed by atoms with Gasteiger partial charge in [0.15, 0.2) is 0 Å². The molecule has 0 saturated heterocycles. The molecule has 4 rings (SSSR count). The summed E-state index contributed by atoms with van der Waals surface area (Å²) in [4.78, 5) is 31.3. The number of benzene rings is 2. The molecule has 1 aromatic heterocycles. The Kier molecular flexibility index (Phi) is 5.42. The van der Waals surface area contributed by atoms with Crippen LogP contribution < -0.4 is 14.5 Å². The molecule has 0 N–H and O–H groups in total. The van der Waals surface area contributed by atoms with Gasteiger partial charge in [-0.3, -0.25) is 9.59 Å². The number of hydrogen-bond acceptors (Lipinski definition) is 5. The summed E-state index contributed by atoms with van der Waals surface area (Å²) in [6, 6.07) is 18.9. The number of rotatable bonds is 6. The summed E-state index contributed by atoms with van der Waals surface area (Å²) >= 11 is 1.45. The predicted molar refractivity (Wildman–Crippen MR) is 121 cm³/mol. The third-order valence-electron chi connectivity index (χ3n) is 5.06. The SMILES string of the molecule is CCN(C1=C(c2cccs2)C(=O)N(c2cc(C)ccc2OC)C1=O)c1ccccc1. The van der Waals surface area contributed by atoms with Crippen LogP contribution in [0.2, 0.25) is 0 Å². The summed E-state index contributed by atoms with van der Waals surface area (Å²) in [6.45, 7) is 4.44. The first-order chi connectivity index (χ1) is 14.6. The molecule has 1 aliphatic heterocycles. The molecule has 152 valence electrons. The van der Waals surface area contributed by atoms with Crippen LogP contribution in [0.15, 0.2) is 71.7 Å². The van der Waals surface area contributed by atoms with Gasteiger partial charge in [0.1, 0.15) is 11.4 Å². The van der Waals surface area contributed by atoms with Crippen LogP contribution in [0.5, 0.6) is 5.75 Å². The molecule has 0 atom stereocenters. The van der Waals surface area contributed by atoms with E-state index in [1.807, 2.05) is 78.7 Å². The molecule has 3 aromatic rings. The van der Waals surface area contributed by atoms with E-state index in [4.69, 9.17) is 4.74 Å². The Morgan fingerprint density at radius 3 is 2.40 bits per heavy atom. The van der Waals surface area contributed by atoms with E-state index in [1.54, 1.807) is 6.07 Å². The summed E-state index contributed by atoms with van der Waals surface area (Å²) in [5.41, 5.74) is 3.07. The normalized spacial score (nSPS) is 13.9. The van der Waals surface area contributed by atoms with Crippen LogP contribution in [-0.4, -0.2) is 25.5 Å². The zero-order valence-electron chi connectivity index (χ0n) is 17.1. The fourth-order valence-corrected chi connectivity index (χ4v) is 4.45. The van der Waals surface area contributed by atoms with Crippen molar-refractivity contribution in [2.45, 2.75) is 13.8 Å². The van der Waals surface area contributed by atoms with Gasteiger partial charge in [-0.25, -0.2) is 4.90 Å². The average molecular weight is 419 g/mol. The predicted octanol–water partition coefficient (Wildman–Crippen LogP) is 4.88. The van der Waals surface area contributed by atoms with Crippen molar-refractivity contribution in [3.63, 3.8) is 0 Å². The molecule has 0 bridgehead atoms. The number of aryl methyl sites for hydroxylation is 1. The van der Waals surface area contributed by atoms with Gasteiger partial charge in [-0.15, -0.1) is 11.3 Å². The Balaban J connectivity index is 1.91. The summed E-state index contributed by atoms with van der Waals surface area (Å²) < 4.78 is 5.47. The molecular formula is C24H22N2O3S. The van der Waals surface area contributed by atoms with Crippen molar-refractivity contribution in [1.82, 2.24) is 0 Å². The highest BCUT2D eigenvalue weighted by atomic mass is 32.1. The van der Waals surface area contributed by atoms with Gasteiger partial charge in [-0.1, -0.05) is 30.3 Å². The Hall–Kier alpha value is -3.38. The van der Waals surface area contributed by atoms with Gasteiger partial charge in [0, 0.05) is 17.1 Å². The van der Waals surface area contributed by atoms with Crippen LogP contribution in [0.3, 0.4) is 0 Å². The quantitative estimate of drug-likeness (QED) is 0.536.